The Morgan fingerprint density at radius 1 is 1.13 bits per heavy atom. The highest BCUT2D eigenvalue weighted by Gasteiger charge is 2.23. The van der Waals surface area contributed by atoms with Crippen LogP contribution in [0.25, 0.3) is 11.3 Å². The van der Waals surface area contributed by atoms with Gasteiger partial charge in [0.05, 0.1) is 0 Å². The van der Waals surface area contributed by atoms with E-state index in [1.54, 1.807) is 30.3 Å². The molecule has 78 valence electrons. The van der Waals surface area contributed by atoms with Crippen molar-refractivity contribution < 1.29 is 17.6 Å². The van der Waals surface area contributed by atoms with E-state index in [1.807, 2.05) is 0 Å². The van der Waals surface area contributed by atoms with Gasteiger partial charge in [0.25, 0.3) is 5.03 Å². The second kappa shape index (κ2) is 3.44. The maximum Gasteiger partial charge on any atom is 0.318 e. The molecule has 0 aliphatic rings. The standard InChI is InChI=1S/C8H6N2O4S/c11-15(12,13)8-7(9-14-10-8)6-4-2-1-3-5-6/h1-5H,(H,11,12,13). The van der Waals surface area contributed by atoms with Gasteiger partial charge in [0.15, 0.2) is 5.69 Å². The van der Waals surface area contributed by atoms with E-state index in [-0.39, 0.29) is 5.69 Å². The van der Waals surface area contributed by atoms with E-state index in [0.29, 0.717) is 5.56 Å². The molecule has 1 N–H and O–H groups in total. The van der Waals surface area contributed by atoms with E-state index < -0.39 is 15.1 Å². The number of hydrogen-bond acceptors (Lipinski definition) is 5. The van der Waals surface area contributed by atoms with Crippen molar-refractivity contribution >= 4 is 10.1 Å². The third-order valence-electron chi connectivity index (χ3n) is 1.75. The molecule has 1 aromatic carbocycles. The van der Waals surface area contributed by atoms with Gasteiger partial charge >= 0.3 is 10.1 Å². The van der Waals surface area contributed by atoms with Gasteiger partial charge in [-0.1, -0.05) is 30.3 Å². The van der Waals surface area contributed by atoms with Crippen LogP contribution in [0.1, 0.15) is 0 Å². The van der Waals surface area contributed by atoms with Crippen molar-refractivity contribution in [1.82, 2.24) is 10.3 Å². The van der Waals surface area contributed by atoms with Crippen molar-refractivity contribution in [2.24, 2.45) is 0 Å². The largest absolute Gasteiger partial charge is 0.318 e. The van der Waals surface area contributed by atoms with Gasteiger partial charge in [0.2, 0.25) is 0 Å². The molecule has 0 bridgehead atoms. The minimum Gasteiger partial charge on any atom is -0.280 e. The molecule has 2 rings (SSSR count). The van der Waals surface area contributed by atoms with Crippen LogP contribution < -0.4 is 0 Å². The summed E-state index contributed by atoms with van der Waals surface area (Å²) in [7, 11) is -4.41. The van der Waals surface area contributed by atoms with Crippen LogP contribution in [0.2, 0.25) is 0 Å². The fourth-order valence-electron chi connectivity index (χ4n) is 1.12. The molecule has 0 atom stereocenters. The first-order valence-electron chi connectivity index (χ1n) is 3.94. The summed E-state index contributed by atoms with van der Waals surface area (Å²) in [6.45, 7) is 0. The summed E-state index contributed by atoms with van der Waals surface area (Å²) in [4.78, 5) is 0. The molecule has 0 saturated carbocycles. The zero-order chi connectivity index (χ0) is 10.9. The highest BCUT2D eigenvalue weighted by Crippen LogP contribution is 2.22. The molecule has 0 saturated heterocycles. The number of nitrogens with zero attached hydrogens (tertiary/aromatic N) is 2. The van der Waals surface area contributed by atoms with Crippen LogP contribution in [0.5, 0.6) is 0 Å². The number of rotatable bonds is 2. The summed E-state index contributed by atoms with van der Waals surface area (Å²) < 4.78 is 34.9. The molecule has 0 amide bonds. The van der Waals surface area contributed by atoms with Crippen molar-refractivity contribution in [2.45, 2.75) is 5.03 Å². The van der Waals surface area contributed by atoms with Crippen molar-refractivity contribution in [3.8, 4) is 11.3 Å². The number of benzene rings is 1. The van der Waals surface area contributed by atoms with Crippen molar-refractivity contribution in [2.75, 3.05) is 0 Å². The lowest BCUT2D eigenvalue weighted by Gasteiger charge is -1.95. The molecular formula is C8H6N2O4S. The van der Waals surface area contributed by atoms with Crippen molar-refractivity contribution in [1.29, 1.82) is 0 Å². The predicted molar refractivity (Wildman–Crippen MR) is 49.5 cm³/mol. The van der Waals surface area contributed by atoms with Crippen LogP contribution in [-0.2, 0) is 10.1 Å². The Balaban J connectivity index is 2.61. The molecule has 0 radical (unpaired) electrons. The van der Waals surface area contributed by atoms with Gasteiger partial charge in [0.1, 0.15) is 0 Å². The smallest absolute Gasteiger partial charge is 0.280 e. The average molecular weight is 226 g/mol. The Morgan fingerprint density at radius 2 is 1.80 bits per heavy atom. The number of aromatic nitrogens is 2. The lowest BCUT2D eigenvalue weighted by atomic mass is 10.2. The highest BCUT2D eigenvalue weighted by atomic mass is 32.2. The Hall–Kier alpha value is -1.73. The van der Waals surface area contributed by atoms with Gasteiger partial charge < -0.3 is 0 Å². The van der Waals surface area contributed by atoms with Gasteiger partial charge in [-0.3, -0.25) is 4.55 Å². The molecule has 0 fully saturated rings. The summed E-state index contributed by atoms with van der Waals surface area (Å²) in [5, 5.41) is 5.99. The third kappa shape index (κ3) is 1.88. The van der Waals surface area contributed by atoms with Gasteiger partial charge in [-0.15, -0.1) is 0 Å². The van der Waals surface area contributed by atoms with Gasteiger partial charge in [-0.2, -0.15) is 8.42 Å². The topological polar surface area (TPSA) is 93.3 Å². The first-order valence-corrected chi connectivity index (χ1v) is 5.38. The second-order valence-corrected chi connectivity index (χ2v) is 4.10. The Bertz CT molecular complexity index is 561. The van der Waals surface area contributed by atoms with E-state index in [4.69, 9.17) is 4.55 Å². The first-order chi connectivity index (χ1) is 7.09. The average Bonchev–Trinajstić information content (AvgIpc) is 2.67. The van der Waals surface area contributed by atoms with Crippen LogP contribution in [0.4, 0.5) is 0 Å². The first kappa shape index (κ1) is 9.81. The zero-order valence-electron chi connectivity index (χ0n) is 7.36. The van der Waals surface area contributed by atoms with E-state index in [9.17, 15) is 8.42 Å². The SMILES string of the molecule is O=S(=O)(O)c1nonc1-c1ccccc1. The third-order valence-corrected chi connectivity index (χ3v) is 2.51. The van der Waals surface area contributed by atoms with Gasteiger partial charge in [-0.05, 0) is 10.3 Å². The second-order valence-electron chi connectivity index (χ2n) is 2.76. The van der Waals surface area contributed by atoms with E-state index in [2.05, 4.69) is 14.9 Å². The molecule has 0 unspecified atom stereocenters. The lowest BCUT2D eigenvalue weighted by molar-refractivity contribution is 0.296. The maximum absolute atomic E-state index is 10.9. The van der Waals surface area contributed by atoms with E-state index >= 15 is 0 Å². The molecule has 2 aromatic rings. The molecule has 1 heterocycles. The lowest BCUT2D eigenvalue weighted by Crippen LogP contribution is -2.00. The van der Waals surface area contributed by atoms with Crippen molar-refractivity contribution in [3.63, 3.8) is 0 Å². The van der Waals surface area contributed by atoms with E-state index in [1.165, 1.54) is 0 Å². The molecule has 6 nitrogen and oxygen atoms in total. The summed E-state index contributed by atoms with van der Waals surface area (Å²) in [6.07, 6.45) is 0. The van der Waals surface area contributed by atoms with Crippen LogP contribution in [0, 0.1) is 0 Å². The Morgan fingerprint density at radius 3 is 2.40 bits per heavy atom. The van der Waals surface area contributed by atoms with Crippen LogP contribution in [0.15, 0.2) is 40.0 Å². The predicted octanol–water partition coefficient (Wildman–Crippen LogP) is 0.983. The fraction of sp³-hybridized carbons (Fsp3) is 0. The monoisotopic (exact) mass is 226 g/mol. The molecule has 15 heavy (non-hydrogen) atoms. The molecule has 1 aromatic heterocycles. The van der Waals surface area contributed by atoms with Crippen LogP contribution in [0.3, 0.4) is 0 Å². The molecule has 0 aliphatic heterocycles. The molecular weight excluding hydrogens is 220 g/mol. The Kier molecular flexibility index (Phi) is 2.25. The zero-order valence-corrected chi connectivity index (χ0v) is 8.18. The highest BCUT2D eigenvalue weighted by molar-refractivity contribution is 7.85. The summed E-state index contributed by atoms with van der Waals surface area (Å²) in [5.41, 5.74) is 0.504. The quantitative estimate of drug-likeness (QED) is 0.767. The minimum atomic E-state index is -4.41. The summed E-state index contributed by atoms with van der Waals surface area (Å²) >= 11 is 0. The summed E-state index contributed by atoms with van der Waals surface area (Å²) in [5.74, 6) is 0. The van der Waals surface area contributed by atoms with Crippen LogP contribution in [-0.4, -0.2) is 23.3 Å². The normalized spacial score (nSPS) is 11.5. The number of hydrogen-bond donors (Lipinski definition) is 1. The molecule has 7 heteroatoms. The fourth-order valence-corrected chi connectivity index (χ4v) is 1.65. The molecule has 0 aliphatic carbocycles. The van der Waals surface area contributed by atoms with Gasteiger partial charge in [-0.25, -0.2) is 4.63 Å². The van der Waals surface area contributed by atoms with Crippen molar-refractivity contribution in [3.05, 3.63) is 30.3 Å². The van der Waals surface area contributed by atoms with Gasteiger partial charge in [0, 0.05) is 5.56 Å². The Labute approximate surface area is 85.3 Å². The molecule has 0 spiro atoms. The summed E-state index contributed by atoms with van der Waals surface area (Å²) in [6, 6.07) is 8.45. The van der Waals surface area contributed by atoms with Crippen LogP contribution >= 0.6 is 0 Å². The minimum absolute atomic E-state index is 0.00176. The van der Waals surface area contributed by atoms with E-state index in [0.717, 1.165) is 0 Å². The maximum atomic E-state index is 10.9.